The van der Waals surface area contributed by atoms with Crippen LogP contribution in [-0.2, 0) is 13.1 Å². The Hall–Kier alpha value is -2.60. The van der Waals surface area contributed by atoms with Gasteiger partial charge in [0, 0.05) is 23.1 Å². The summed E-state index contributed by atoms with van der Waals surface area (Å²) < 4.78 is 5.42. The van der Waals surface area contributed by atoms with Crippen LogP contribution < -0.4 is 10.6 Å². The molecule has 0 atom stereocenters. The van der Waals surface area contributed by atoms with Gasteiger partial charge in [0.15, 0.2) is 11.7 Å². The van der Waals surface area contributed by atoms with E-state index in [0.29, 0.717) is 6.54 Å². The Morgan fingerprint density at radius 3 is 2.76 bits per heavy atom. The van der Waals surface area contributed by atoms with Gasteiger partial charge in [0.1, 0.15) is 5.69 Å². The average Bonchev–Trinajstić information content (AvgIpc) is 3.27. The molecule has 5 nitrogen and oxygen atoms in total. The van der Waals surface area contributed by atoms with Gasteiger partial charge < -0.3 is 15.2 Å². The molecule has 2 heterocycles. The molecule has 0 aliphatic carbocycles. The number of hydrogen-bond acceptors (Lipinski definition) is 4. The fraction of sp³-hybridized carbons (Fsp3) is 0.263. The summed E-state index contributed by atoms with van der Waals surface area (Å²) in [5.41, 5.74) is 3.13. The fourth-order valence-corrected chi connectivity index (χ4v) is 3.22. The summed E-state index contributed by atoms with van der Waals surface area (Å²) in [6, 6.07) is 14.0. The van der Waals surface area contributed by atoms with Gasteiger partial charge in [-0.2, -0.15) is 0 Å². The summed E-state index contributed by atoms with van der Waals surface area (Å²) in [4.78, 5) is 5.91. The topological polar surface area (TPSA) is 62.5 Å². The van der Waals surface area contributed by atoms with E-state index < -0.39 is 0 Å². The number of hydrogen-bond donors (Lipinski definition) is 2. The molecule has 2 N–H and O–H groups in total. The molecule has 0 aliphatic rings. The van der Waals surface area contributed by atoms with Crippen molar-refractivity contribution >= 4 is 17.3 Å². The molecule has 130 valence electrons. The monoisotopic (exact) mass is 354 g/mol. The highest BCUT2D eigenvalue weighted by molar-refractivity contribution is 7.10. The molecule has 0 saturated heterocycles. The molecule has 1 aromatic carbocycles. The second-order valence-corrected chi connectivity index (χ2v) is 6.62. The van der Waals surface area contributed by atoms with Crippen LogP contribution in [0.1, 0.15) is 23.1 Å². The summed E-state index contributed by atoms with van der Waals surface area (Å²) in [7, 11) is 0. The predicted molar refractivity (Wildman–Crippen MR) is 103 cm³/mol. The van der Waals surface area contributed by atoms with Crippen LogP contribution in [0.15, 0.2) is 57.4 Å². The van der Waals surface area contributed by atoms with Gasteiger partial charge in [-0.15, -0.1) is 11.3 Å². The highest BCUT2D eigenvalue weighted by atomic mass is 32.1. The van der Waals surface area contributed by atoms with Crippen LogP contribution in [0, 0.1) is 6.92 Å². The van der Waals surface area contributed by atoms with Gasteiger partial charge in [-0.3, -0.25) is 0 Å². The first-order valence-electron chi connectivity index (χ1n) is 8.32. The average molecular weight is 354 g/mol. The Bertz CT molecular complexity index is 823. The van der Waals surface area contributed by atoms with Crippen molar-refractivity contribution in [3.63, 3.8) is 0 Å². The number of guanidine groups is 1. The minimum absolute atomic E-state index is 0.467. The zero-order valence-corrected chi connectivity index (χ0v) is 15.3. The van der Waals surface area contributed by atoms with E-state index in [-0.39, 0.29) is 0 Å². The zero-order chi connectivity index (χ0) is 17.5. The number of nitrogens with one attached hydrogen (secondary N) is 2. The number of aromatic nitrogens is 1. The molecule has 0 spiro atoms. The van der Waals surface area contributed by atoms with Crippen molar-refractivity contribution in [3.8, 4) is 11.3 Å². The van der Waals surface area contributed by atoms with E-state index in [0.717, 1.165) is 36.1 Å². The van der Waals surface area contributed by atoms with E-state index in [1.54, 1.807) is 11.3 Å². The van der Waals surface area contributed by atoms with Crippen LogP contribution in [0.25, 0.3) is 11.3 Å². The molecule has 0 unspecified atom stereocenters. The second kappa shape index (κ2) is 8.48. The van der Waals surface area contributed by atoms with Crippen LogP contribution in [0.4, 0.5) is 0 Å². The smallest absolute Gasteiger partial charge is 0.191 e. The molecule has 0 aliphatic heterocycles. The van der Waals surface area contributed by atoms with Crippen LogP contribution in [0.5, 0.6) is 0 Å². The SMILES string of the molecule is CCNC(=NCc1cc(-c2ccccc2)on1)NCc1sccc1C. The van der Waals surface area contributed by atoms with Gasteiger partial charge in [0.25, 0.3) is 0 Å². The van der Waals surface area contributed by atoms with Crippen LogP contribution in [0.3, 0.4) is 0 Å². The molecule has 0 fully saturated rings. The van der Waals surface area contributed by atoms with E-state index in [1.807, 2.05) is 36.4 Å². The van der Waals surface area contributed by atoms with E-state index in [1.165, 1.54) is 10.4 Å². The van der Waals surface area contributed by atoms with Crippen molar-refractivity contribution in [3.05, 3.63) is 64.0 Å². The summed E-state index contributed by atoms with van der Waals surface area (Å²) >= 11 is 1.75. The van der Waals surface area contributed by atoms with Gasteiger partial charge in [-0.25, -0.2) is 4.99 Å². The molecular formula is C19H22N4OS. The van der Waals surface area contributed by atoms with Crippen molar-refractivity contribution in [2.45, 2.75) is 26.9 Å². The van der Waals surface area contributed by atoms with Crippen molar-refractivity contribution in [1.29, 1.82) is 0 Å². The highest BCUT2D eigenvalue weighted by Gasteiger charge is 2.07. The van der Waals surface area contributed by atoms with E-state index in [4.69, 9.17) is 4.52 Å². The standard InChI is InChI=1S/C19H22N4OS/c1-3-20-19(22-13-18-14(2)9-10-25-18)21-12-16-11-17(24-23-16)15-7-5-4-6-8-15/h4-11H,3,12-13H2,1-2H3,(H2,20,21,22). The summed E-state index contributed by atoms with van der Waals surface area (Å²) in [6.45, 7) is 6.22. The molecule has 2 aromatic heterocycles. The number of rotatable bonds is 6. The first-order chi connectivity index (χ1) is 12.3. The number of aryl methyl sites for hydroxylation is 1. The first-order valence-corrected chi connectivity index (χ1v) is 9.20. The lowest BCUT2D eigenvalue weighted by atomic mass is 10.2. The number of thiophene rings is 1. The van der Waals surface area contributed by atoms with Gasteiger partial charge in [0.2, 0.25) is 0 Å². The zero-order valence-electron chi connectivity index (χ0n) is 14.5. The Kier molecular flexibility index (Phi) is 5.85. The van der Waals surface area contributed by atoms with Gasteiger partial charge in [-0.1, -0.05) is 35.5 Å². The number of aliphatic imine (C=N–C) groups is 1. The summed E-state index contributed by atoms with van der Waals surface area (Å²) in [6.07, 6.45) is 0. The molecule has 6 heteroatoms. The Balaban J connectivity index is 1.63. The third kappa shape index (κ3) is 4.70. The maximum Gasteiger partial charge on any atom is 0.191 e. The van der Waals surface area contributed by atoms with E-state index >= 15 is 0 Å². The summed E-state index contributed by atoms with van der Waals surface area (Å²) in [5, 5.41) is 12.8. The normalized spacial score (nSPS) is 11.5. The quantitative estimate of drug-likeness (QED) is 0.519. The van der Waals surface area contributed by atoms with Crippen LogP contribution >= 0.6 is 11.3 Å². The first kappa shape index (κ1) is 17.2. The Morgan fingerprint density at radius 2 is 2.04 bits per heavy atom. The fourth-order valence-electron chi connectivity index (χ4n) is 2.38. The van der Waals surface area contributed by atoms with Gasteiger partial charge >= 0.3 is 0 Å². The van der Waals surface area contributed by atoms with Crippen molar-refractivity contribution in [1.82, 2.24) is 15.8 Å². The Labute approximate surface area is 151 Å². The Morgan fingerprint density at radius 1 is 1.20 bits per heavy atom. The number of benzene rings is 1. The lowest BCUT2D eigenvalue weighted by Gasteiger charge is -2.10. The molecular weight excluding hydrogens is 332 g/mol. The third-order valence-electron chi connectivity index (χ3n) is 3.75. The molecule has 25 heavy (non-hydrogen) atoms. The van der Waals surface area contributed by atoms with Crippen molar-refractivity contribution in [2.24, 2.45) is 4.99 Å². The maximum atomic E-state index is 5.42. The minimum atomic E-state index is 0.467. The molecule has 0 amide bonds. The lowest BCUT2D eigenvalue weighted by Crippen LogP contribution is -2.36. The van der Waals surface area contributed by atoms with E-state index in [2.05, 4.69) is 46.1 Å². The largest absolute Gasteiger partial charge is 0.357 e. The predicted octanol–water partition coefficient (Wildman–Crippen LogP) is 3.97. The maximum absolute atomic E-state index is 5.42. The van der Waals surface area contributed by atoms with Crippen LogP contribution in [-0.4, -0.2) is 17.7 Å². The van der Waals surface area contributed by atoms with E-state index in [9.17, 15) is 0 Å². The second-order valence-electron chi connectivity index (χ2n) is 5.62. The number of nitrogens with zero attached hydrogens (tertiary/aromatic N) is 2. The molecule has 3 rings (SSSR count). The molecule has 0 radical (unpaired) electrons. The van der Waals surface area contributed by atoms with Gasteiger partial charge in [-0.05, 0) is 30.9 Å². The van der Waals surface area contributed by atoms with Crippen molar-refractivity contribution < 1.29 is 4.52 Å². The molecule has 0 bridgehead atoms. The van der Waals surface area contributed by atoms with Gasteiger partial charge in [0.05, 0.1) is 13.1 Å². The van der Waals surface area contributed by atoms with Crippen molar-refractivity contribution in [2.75, 3.05) is 6.54 Å². The van der Waals surface area contributed by atoms with Crippen LogP contribution in [0.2, 0.25) is 0 Å². The highest BCUT2D eigenvalue weighted by Crippen LogP contribution is 2.20. The molecule has 3 aromatic rings. The minimum Gasteiger partial charge on any atom is -0.357 e. The summed E-state index contributed by atoms with van der Waals surface area (Å²) in [5.74, 6) is 1.54. The third-order valence-corrected chi connectivity index (χ3v) is 4.77. The lowest BCUT2D eigenvalue weighted by molar-refractivity contribution is 0.424. The molecule has 0 saturated carbocycles.